The number of hydrogen-bond acceptors (Lipinski definition) is 18. The molecule has 0 aliphatic carbocycles. The van der Waals surface area contributed by atoms with Crippen LogP contribution >= 0.6 is 0 Å². The molecule has 3 heterocycles. The topological polar surface area (TPSA) is 307 Å². The van der Waals surface area contributed by atoms with Crippen LogP contribution in [-0.2, 0) is 33.2 Å². The number of ether oxygens (including phenoxy) is 6. The van der Waals surface area contributed by atoms with Crippen LogP contribution < -0.4 is 5.32 Å². The Labute approximate surface area is 514 Å². The lowest BCUT2D eigenvalue weighted by atomic mass is 9.96. The molecular weight excluding hydrogens is 1110 g/mol. The zero-order valence-electron chi connectivity index (χ0n) is 52.0. The van der Waals surface area contributed by atoms with Crippen molar-refractivity contribution >= 4 is 5.91 Å². The van der Waals surface area contributed by atoms with Crippen LogP contribution in [-0.4, -0.2) is 193 Å². The van der Waals surface area contributed by atoms with Gasteiger partial charge in [0.05, 0.1) is 38.6 Å². The van der Waals surface area contributed by atoms with Crippen LogP contribution in [0.25, 0.3) is 0 Å². The highest BCUT2D eigenvalue weighted by molar-refractivity contribution is 5.77. The van der Waals surface area contributed by atoms with Crippen molar-refractivity contribution in [1.29, 1.82) is 0 Å². The number of unbranched alkanes of at least 4 members (excludes halogenated alkanes) is 21. The highest BCUT2D eigenvalue weighted by Gasteiger charge is 2.53. The normalized spacial score (nSPS) is 29.3. The van der Waals surface area contributed by atoms with Crippen LogP contribution in [0.4, 0.5) is 0 Å². The summed E-state index contributed by atoms with van der Waals surface area (Å²) in [5, 5.41) is 120. The fourth-order valence-electron chi connectivity index (χ4n) is 10.6. The van der Waals surface area contributed by atoms with Crippen molar-refractivity contribution in [1.82, 2.24) is 5.32 Å². The number of carbonyl (C=O) groups is 1. The van der Waals surface area contributed by atoms with Crippen LogP contribution in [0.5, 0.6) is 0 Å². The first-order valence-electron chi connectivity index (χ1n) is 32.8. The maximum absolute atomic E-state index is 13.3. The van der Waals surface area contributed by atoms with Gasteiger partial charge in [-0.25, -0.2) is 0 Å². The van der Waals surface area contributed by atoms with Gasteiger partial charge in [-0.1, -0.05) is 221 Å². The molecule has 86 heavy (non-hydrogen) atoms. The van der Waals surface area contributed by atoms with Crippen molar-refractivity contribution in [3.8, 4) is 0 Å². The van der Waals surface area contributed by atoms with Crippen molar-refractivity contribution in [2.24, 2.45) is 0 Å². The first-order valence-corrected chi connectivity index (χ1v) is 32.8. The van der Waals surface area contributed by atoms with Gasteiger partial charge in [0.25, 0.3) is 0 Å². The predicted octanol–water partition coefficient (Wildman–Crippen LogP) is 7.54. The van der Waals surface area contributed by atoms with E-state index in [9.17, 15) is 61.0 Å². The molecule has 3 rings (SSSR count). The third kappa shape index (κ3) is 31.1. The Morgan fingerprint density at radius 3 is 1.28 bits per heavy atom. The summed E-state index contributed by atoms with van der Waals surface area (Å²) in [4.78, 5) is 13.3. The highest BCUT2D eigenvalue weighted by Crippen LogP contribution is 2.33. The number of nitrogens with one attached hydrogen (secondary N) is 1. The second-order valence-corrected chi connectivity index (χ2v) is 23.2. The van der Waals surface area contributed by atoms with Gasteiger partial charge in [-0.15, -0.1) is 0 Å². The molecule has 12 N–H and O–H groups in total. The van der Waals surface area contributed by atoms with Crippen molar-refractivity contribution < 1.29 is 89.4 Å². The molecular formula is C67H115NO18. The summed E-state index contributed by atoms with van der Waals surface area (Å²) in [6.07, 6.45) is 34.7. The van der Waals surface area contributed by atoms with Crippen LogP contribution in [0.1, 0.15) is 200 Å². The molecule has 496 valence electrons. The standard InChI is InChI=1S/C67H115NO18/c1-3-5-7-9-11-13-15-17-19-20-21-22-23-24-25-26-27-28-29-31-32-34-36-38-40-42-44-51(72)50(68-55(73)45-43-41-39-37-35-33-30-18-16-14-12-10-8-6-4-2)49-81-65-61(79)58(76)63(53(47-70)83-65)86-67-62(80)59(77)64(54(48-71)84-67)85-66-60(78)57(75)56(74)52(46-69)82-66/h6,8,12,14,18,30,34-37,41-44,50-54,56-67,69-72,74-80H,3-5,7,9-11,13,15-17,19-29,31-33,38-40,45-49H2,1-2H3,(H,68,73)/b8-6-,14-12-,30-18-,36-34+,37-35-,43-41-,44-42+. The van der Waals surface area contributed by atoms with E-state index in [0.29, 0.717) is 12.8 Å². The van der Waals surface area contributed by atoms with E-state index in [2.05, 4.69) is 67.8 Å². The molecule has 0 aromatic heterocycles. The molecule has 0 aromatic rings. The molecule has 3 saturated heterocycles. The molecule has 0 saturated carbocycles. The Morgan fingerprint density at radius 1 is 0.430 bits per heavy atom. The Balaban J connectivity index is 1.48. The summed E-state index contributed by atoms with van der Waals surface area (Å²) in [5.74, 6) is -0.414. The highest BCUT2D eigenvalue weighted by atomic mass is 16.8. The Kier molecular flexibility index (Phi) is 43.8. The number of rotatable bonds is 48. The average Bonchev–Trinajstić information content (AvgIpc) is 2.24. The number of aliphatic hydroxyl groups is 11. The van der Waals surface area contributed by atoms with E-state index in [-0.39, 0.29) is 6.42 Å². The van der Waals surface area contributed by atoms with E-state index < -0.39 is 137 Å². The number of allylic oxidation sites excluding steroid dienone is 12. The van der Waals surface area contributed by atoms with Gasteiger partial charge >= 0.3 is 0 Å². The van der Waals surface area contributed by atoms with Gasteiger partial charge in [0.1, 0.15) is 73.2 Å². The third-order valence-electron chi connectivity index (χ3n) is 16.0. The molecule has 0 aromatic carbocycles. The van der Waals surface area contributed by atoms with Crippen LogP contribution in [0, 0.1) is 0 Å². The lowest BCUT2D eigenvalue weighted by Crippen LogP contribution is -2.66. The minimum Gasteiger partial charge on any atom is -0.394 e. The molecule has 17 atom stereocenters. The molecule has 0 bridgehead atoms. The van der Waals surface area contributed by atoms with Gasteiger partial charge in [-0.3, -0.25) is 4.79 Å². The summed E-state index contributed by atoms with van der Waals surface area (Å²) in [6.45, 7) is 1.52. The van der Waals surface area contributed by atoms with Crippen molar-refractivity contribution in [3.05, 3.63) is 85.1 Å². The molecule has 3 fully saturated rings. The number of hydrogen-bond donors (Lipinski definition) is 12. The summed E-state index contributed by atoms with van der Waals surface area (Å²) >= 11 is 0. The number of carbonyl (C=O) groups excluding carboxylic acids is 1. The monoisotopic (exact) mass is 1220 g/mol. The summed E-state index contributed by atoms with van der Waals surface area (Å²) in [5.41, 5.74) is 0. The number of amides is 1. The summed E-state index contributed by atoms with van der Waals surface area (Å²) < 4.78 is 34.2. The largest absolute Gasteiger partial charge is 0.394 e. The SMILES string of the molecule is CC/C=C\C/C=C\C/C=C\C/C=C\C/C=C\CC(=O)NC(COC1OC(CO)C(OC2OC(CO)C(OC3OC(CO)C(O)C(O)C3O)C(O)C2O)C(O)C1O)C(O)/C=C/CC/C=C/CCCCCCCCCCCCCCCCCCCCCC. The van der Waals surface area contributed by atoms with E-state index in [1.807, 2.05) is 24.3 Å². The van der Waals surface area contributed by atoms with E-state index in [0.717, 1.165) is 44.9 Å². The molecule has 3 aliphatic rings. The van der Waals surface area contributed by atoms with E-state index in [1.54, 1.807) is 12.2 Å². The first-order chi connectivity index (χ1) is 41.8. The molecule has 0 spiro atoms. The van der Waals surface area contributed by atoms with Gasteiger partial charge in [0, 0.05) is 6.42 Å². The first kappa shape index (κ1) is 77.2. The van der Waals surface area contributed by atoms with E-state index >= 15 is 0 Å². The van der Waals surface area contributed by atoms with Crippen LogP contribution in [0.3, 0.4) is 0 Å². The van der Waals surface area contributed by atoms with Crippen molar-refractivity contribution in [2.45, 2.75) is 304 Å². The second kappa shape index (κ2) is 48.8. The fourth-order valence-corrected chi connectivity index (χ4v) is 10.6. The van der Waals surface area contributed by atoms with E-state index in [1.165, 1.54) is 122 Å². The van der Waals surface area contributed by atoms with Gasteiger partial charge in [0.2, 0.25) is 5.91 Å². The fraction of sp³-hybridized carbons (Fsp3) is 0.776. The molecule has 19 nitrogen and oxygen atoms in total. The van der Waals surface area contributed by atoms with Gasteiger partial charge in [-0.05, 0) is 57.8 Å². The van der Waals surface area contributed by atoms with Crippen molar-refractivity contribution in [3.63, 3.8) is 0 Å². The third-order valence-corrected chi connectivity index (χ3v) is 16.0. The summed E-state index contributed by atoms with van der Waals surface area (Å²) in [7, 11) is 0. The number of aliphatic hydroxyl groups excluding tert-OH is 11. The average molecular weight is 1220 g/mol. The second-order valence-electron chi connectivity index (χ2n) is 23.2. The van der Waals surface area contributed by atoms with Gasteiger partial charge < -0.3 is 89.9 Å². The van der Waals surface area contributed by atoms with Gasteiger partial charge in [0.15, 0.2) is 18.9 Å². The zero-order chi connectivity index (χ0) is 62.6. The lowest BCUT2D eigenvalue weighted by molar-refractivity contribution is -0.379. The molecule has 17 unspecified atom stereocenters. The quantitative estimate of drug-likeness (QED) is 0.0207. The lowest BCUT2D eigenvalue weighted by Gasteiger charge is -2.48. The Morgan fingerprint density at radius 2 is 0.814 bits per heavy atom. The summed E-state index contributed by atoms with van der Waals surface area (Å²) in [6, 6.07) is -1.05. The maximum Gasteiger partial charge on any atom is 0.224 e. The minimum atomic E-state index is -1.99. The Hall–Kier alpha value is -3.03. The van der Waals surface area contributed by atoms with Crippen molar-refractivity contribution in [2.75, 3.05) is 26.4 Å². The minimum absolute atomic E-state index is 0.000785. The zero-order valence-corrected chi connectivity index (χ0v) is 52.0. The Bertz CT molecular complexity index is 1890. The molecule has 1 amide bonds. The predicted molar refractivity (Wildman–Crippen MR) is 332 cm³/mol. The molecule has 3 aliphatic heterocycles. The van der Waals surface area contributed by atoms with Crippen LogP contribution in [0.15, 0.2) is 85.1 Å². The van der Waals surface area contributed by atoms with Gasteiger partial charge in [-0.2, -0.15) is 0 Å². The smallest absolute Gasteiger partial charge is 0.224 e. The molecule has 0 radical (unpaired) electrons. The maximum atomic E-state index is 13.3. The van der Waals surface area contributed by atoms with E-state index in [4.69, 9.17) is 28.4 Å². The molecule has 19 heteroatoms. The van der Waals surface area contributed by atoms with Crippen LogP contribution in [0.2, 0.25) is 0 Å².